The third kappa shape index (κ3) is 2.53. The molecule has 92 valence electrons. The number of rotatable bonds is 3. The average Bonchev–Trinajstić information content (AvgIpc) is 3.03. The number of hydrogen-bond acceptors (Lipinski definition) is 1. The Labute approximate surface area is 118 Å². The van der Waals surface area contributed by atoms with Crippen molar-refractivity contribution in [2.75, 3.05) is 17.5 Å². The fourth-order valence-corrected chi connectivity index (χ4v) is 4.63. The zero-order valence-corrected chi connectivity index (χ0v) is 12.4. The van der Waals surface area contributed by atoms with E-state index in [2.05, 4.69) is 57.8 Å². The Morgan fingerprint density at radius 1 is 1.29 bits per heavy atom. The quantitative estimate of drug-likeness (QED) is 0.598. The van der Waals surface area contributed by atoms with E-state index in [1.165, 1.54) is 42.3 Å². The van der Waals surface area contributed by atoms with Gasteiger partial charge in [0.1, 0.15) is 0 Å². The van der Waals surface area contributed by atoms with Gasteiger partial charge in [0.2, 0.25) is 0 Å². The summed E-state index contributed by atoms with van der Waals surface area (Å²) in [7, 11) is 0. The number of alkyl halides is 1. The van der Waals surface area contributed by atoms with Crippen LogP contribution in [0.1, 0.15) is 24.8 Å². The predicted octanol–water partition coefficient (Wildman–Crippen LogP) is 3.72. The molecule has 17 heavy (non-hydrogen) atoms. The molecule has 2 atom stereocenters. The largest absolute Gasteiger partial charge is 0.299 e. The fraction of sp³-hybridized carbons (Fsp3) is 0.600. The summed E-state index contributed by atoms with van der Waals surface area (Å²) in [6, 6.07) is 10.9. The van der Waals surface area contributed by atoms with Crippen molar-refractivity contribution in [3.8, 4) is 0 Å². The lowest BCUT2D eigenvalue weighted by molar-refractivity contribution is 0.146. The Morgan fingerprint density at radius 2 is 2.12 bits per heavy atom. The number of piperidine rings is 1. The van der Waals surface area contributed by atoms with Crippen LogP contribution in [-0.4, -0.2) is 22.4 Å². The van der Waals surface area contributed by atoms with E-state index >= 15 is 0 Å². The number of nitrogens with zero attached hydrogens (tertiary/aromatic N) is 1. The summed E-state index contributed by atoms with van der Waals surface area (Å²) in [5.74, 6) is 1.02. The van der Waals surface area contributed by atoms with Gasteiger partial charge in [0.25, 0.3) is 0 Å². The Balaban J connectivity index is 1.62. The lowest BCUT2D eigenvalue weighted by atomic mass is 9.92. The topological polar surface area (TPSA) is 3.24 Å². The second-order valence-electron chi connectivity index (χ2n) is 5.72. The fourth-order valence-electron chi connectivity index (χ4n) is 3.38. The minimum absolute atomic E-state index is 0.716. The highest BCUT2D eigenvalue weighted by Gasteiger charge is 2.54. The summed E-state index contributed by atoms with van der Waals surface area (Å²) in [5.41, 5.74) is 2.19. The van der Waals surface area contributed by atoms with Crippen molar-refractivity contribution in [2.24, 2.45) is 11.3 Å². The molecule has 1 heterocycles. The van der Waals surface area contributed by atoms with Crippen molar-refractivity contribution in [1.29, 1.82) is 0 Å². The maximum Gasteiger partial charge on any atom is 0.0233 e. The molecule has 0 aromatic heterocycles. The molecule has 0 N–H and O–H groups in total. The van der Waals surface area contributed by atoms with Crippen molar-refractivity contribution < 1.29 is 0 Å². The molecule has 1 nitrogen and oxygen atoms in total. The first-order chi connectivity index (χ1) is 8.32. The molecule has 2 heteroatoms. The molecule has 2 fully saturated rings. The normalized spacial score (nSPS) is 32.9. The maximum atomic E-state index is 2.67. The van der Waals surface area contributed by atoms with Gasteiger partial charge in [0.15, 0.2) is 0 Å². The lowest BCUT2D eigenvalue weighted by Crippen LogP contribution is -2.37. The minimum Gasteiger partial charge on any atom is -0.299 e. The van der Waals surface area contributed by atoms with Crippen LogP contribution in [0.2, 0.25) is 0 Å². The highest BCUT2D eigenvalue weighted by Crippen LogP contribution is 2.58. The van der Waals surface area contributed by atoms with Crippen LogP contribution in [-0.2, 0) is 6.54 Å². The van der Waals surface area contributed by atoms with Crippen molar-refractivity contribution >= 4 is 22.6 Å². The van der Waals surface area contributed by atoms with Crippen LogP contribution >= 0.6 is 22.6 Å². The smallest absolute Gasteiger partial charge is 0.0233 e. The van der Waals surface area contributed by atoms with Gasteiger partial charge >= 0.3 is 0 Å². The highest BCUT2D eigenvalue weighted by atomic mass is 127. The molecule has 2 aliphatic rings. The monoisotopic (exact) mass is 341 g/mol. The molecule has 2 unspecified atom stereocenters. The van der Waals surface area contributed by atoms with E-state index in [4.69, 9.17) is 0 Å². The van der Waals surface area contributed by atoms with Gasteiger partial charge in [0.05, 0.1) is 0 Å². The van der Waals surface area contributed by atoms with Gasteiger partial charge in [-0.15, -0.1) is 0 Å². The first kappa shape index (κ1) is 12.0. The van der Waals surface area contributed by atoms with E-state index in [-0.39, 0.29) is 0 Å². The second kappa shape index (κ2) is 4.88. The predicted molar refractivity (Wildman–Crippen MR) is 80.4 cm³/mol. The van der Waals surface area contributed by atoms with E-state index in [0.29, 0.717) is 5.41 Å². The van der Waals surface area contributed by atoms with Gasteiger partial charge in [-0.05, 0) is 42.7 Å². The van der Waals surface area contributed by atoms with Crippen molar-refractivity contribution in [2.45, 2.75) is 25.8 Å². The average molecular weight is 341 g/mol. The Morgan fingerprint density at radius 3 is 2.82 bits per heavy atom. The van der Waals surface area contributed by atoms with E-state index in [1.807, 2.05) is 0 Å². The molecule has 0 amide bonds. The van der Waals surface area contributed by atoms with Gasteiger partial charge < -0.3 is 0 Å². The van der Waals surface area contributed by atoms with Crippen LogP contribution in [0.15, 0.2) is 30.3 Å². The summed E-state index contributed by atoms with van der Waals surface area (Å²) in [6.45, 7) is 3.79. The van der Waals surface area contributed by atoms with Crippen molar-refractivity contribution in [3.05, 3.63) is 35.9 Å². The molecule has 1 saturated carbocycles. The molecular weight excluding hydrogens is 321 g/mol. The SMILES string of the molecule is ICC1CC12CCCN(Cc1ccccc1)C2. The number of likely N-dealkylation sites (tertiary alicyclic amines) is 1. The van der Waals surface area contributed by atoms with E-state index < -0.39 is 0 Å². The standard InChI is InChI=1S/C15H20IN/c16-10-14-9-15(14)7-4-8-17(12-15)11-13-5-2-1-3-6-13/h1-3,5-6,14H,4,7-12H2. The van der Waals surface area contributed by atoms with Crippen LogP contribution in [0.3, 0.4) is 0 Å². The Kier molecular flexibility index (Phi) is 3.44. The van der Waals surface area contributed by atoms with Gasteiger partial charge in [-0.3, -0.25) is 4.90 Å². The van der Waals surface area contributed by atoms with Crippen molar-refractivity contribution in [1.82, 2.24) is 4.90 Å². The van der Waals surface area contributed by atoms with Crippen molar-refractivity contribution in [3.63, 3.8) is 0 Å². The Hall–Kier alpha value is -0.0900. The molecular formula is C15H20IN. The van der Waals surface area contributed by atoms with Gasteiger partial charge in [-0.1, -0.05) is 52.9 Å². The third-order valence-electron chi connectivity index (χ3n) is 4.48. The summed E-state index contributed by atoms with van der Waals surface area (Å²) >= 11 is 2.56. The minimum atomic E-state index is 0.716. The Bertz CT molecular complexity index is 378. The molecule has 1 saturated heterocycles. The van der Waals surface area contributed by atoms with E-state index in [1.54, 1.807) is 0 Å². The number of benzene rings is 1. The maximum absolute atomic E-state index is 2.67. The zero-order chi connectivity index (χ0) is 11.7. The van der Waals surface area contributed by atoms with Crippen LogP contribution in [0, 0.1) is 11.3 Å². The van der Waals surface area contributed by atoms with E-state index in [0.717, 1.165) is 12.5 Å². The van der Waals surface area contributed by atoms with Gasteiger partial charge in [-0.25, -0.2) is 0 Å². The highest BCUT2D eigenvalue weighted by molar-refractivity contribution is 14.1. The molecule has 1 aromatic carbocycles. The summed E-state index contributed by atoms with van der Waals surface area (Å²) in [6.07, 6.45) is 4.37. The molecule has 1 aromatic rings. The molecule has 1 aliphatic heterocycles. The number of halogens is 1. The van der Waals surface area contributed by atoms with Crippen LogP contribution in [0.5, 0.6) is 0 Å². The summed E-state index contributed by atoms with van der Waals surface area (Å²) < 4.78 is 1.36. The van der Waals surface area contributed by atoms with Gasteiger partial charge in [0, 0.05) is 17.5 Å². The van der Waals surface area contributed by atoms with Crippen LogP contribution < -0.4 is 0 Å². The molecule has 0 bridgehead atoms. The number of hydrogen-bond donors (Lipinski definition) is 0. The van der Waals surface area contributed by atoms with Gasteiger partial charge in [-0.2, -0.15) is 0 Å². The molecule has 0 radical (unpaired) electrons. The summed E-state index contributed by atoms with van der Waals surface area (Å²) in [4.78, 5) is 2.67. The first-order valence-electron chi connectivity index (χ1n) is 6.65. The first-order valence-corrected chi connectivity index (χ1v) is 8.17. The zero-order valence-electron chi connectivity index (χ0n) is 10.2. The molecule has 1 spiro atoms. The van der Waals surface area contributed by atoms with Crippen LogP contribution in [0.4, 0.5) is 0 Å². The molecule has 1 aliphatic carbocycles. The van der Waals surface area contributed by atoms with E-state index in [9.17, 15) is 0 Å². The second-order valence-corrected chi connectivity index (χ2v) is 6.60. The third-order valence-corrected chi connectivity index (χ3v) is 5.54. The van der Waals surface area contributed by atoms with Crippen LogP contribution in [0.25, 0.3) is 0 Å². The summed E-state index contributed by atoms with van der Waals surface area (Å²) in [5, 5.41) is 0. The molecule has 3 rings (SSSR count). The lowest BCUT2D eigenvalue weighted by Gasteiger charge is -2.33.